The minimum Gasteiger partial charge on any atom is -0.299 e. The van der Waals surface area contributed by atoms with Crippen LogP contribution in [0.1, 0.15) is 13.3 Å². The third kappa shape index (κ3) is 2.12. The van der Waals surface area contributed by atoms with Crippen LogP contribution in [-0.2, 0) is 4.79 Å². The van der Waals surface area contributed by atoms with Gasteiger partial charge in [-0.25, -0.2) is 0 Å². The van der Waals surface area contributed by atoms with Crippen molar-refractivity contribution < 1.29 is 4.79 Å². The highest BCUT2D eigenvalue weighted by molar-refractivity contribution is 6.19. The Labute approximate surface area is 77.8 Å². The van der Waals surface area contributed by atoms with Crippen molar-refractivity contribution in [2.75, 3.05) is 5.88 Å². The minimum absolute atomic E-state index is 0.0331. The zero-order valence-corrected chi connectivity index (χ0v) is 7.77. The fourth-order valence-corrected chi connectivity index (χ4v) is 1.29. The summed E-state index contributed by atoms with van der Waals surface area (Å²) in [6, 6.07) is 0. The highest BCUT2D eigenvalue weighted by Crippen LogP contribution is 2.20. The third-order valence-electron chi connectivity index (χ3n) is 2.04. The van der Waals surface area contributed by atoms with Crippen molar-refractivity contribution in [2.24, 2.45) is 11.8 Å². The number of carbonyl (C=O) groups is 1. The summed E-state index contributed by atoms with van der Waals surface area (Å²) in [6.07, 6.45) is 4.43. The van der Waals surface area contributed by atoms with E-state index >= 15 is 0 Å². The molecule has 0 radical (unpaired) electrons. The molecular formula is C10H11ClO. The summed E-state index contributed by atoms with van der Waals surface area (Å²) < 4.78 is 0. The Hall–Kier alpha value is -0.740. The molecule has 1 rings (SSSR count). The predicted molar refractivity (Wildman–Crippen MR) is 49.9 cm³/mol. The van der Waals surface area contributed by atoms with E-state index in [1.54, 1.807) is 0 Å². The van der Waals surface area contributed by atoms with Crippen molar-refractivity contribution >= 4 is 17.4 Å². The van der Waals surface area contributed by atoms with Gasteiger partial charge in [-0.3, -0.25) is 4.79 Å². The number of Topliss-reactive ketones (excluding diaryl/α,β-unsaturated/α-hetero) is 1. The lowest BCUT2D eigenvalue weighted by atomic mass is 9.85. The molecule has 0 saturated heterocycles. The Morgan fingerprint density at radius 2 is 2.50 bits per heavy atom. The molecule has 1 aliphatic rings. The monoisotopic (exact) mass is 182 g/mol. The van der Waals surface area contributed by atoms with Gasteiger partial charge in [-0.15, -0.1) is 11.6 Å². The average molecular weight is 183 g/mol. The van der Waals surface area contributed by atoms with Crippen LogP contribution in [0, 0.1) is 23.7 Å². The minimum atomic E-state index is 0.0331. The summed E-state index contributed by atoms with van der Waals surface area (Å²) in [5.74, 6) is 6.46. The normalized spacial score (nSPS) is 28.0. The number of alkyl halides is 1. The van der Waals surface area contributed by atoms with E-state index in [1.165, 1.54) is 0 Å². The Kier molecular flexibility index (Phi) is 3.37. The van der Waals surface area contributed by atoms with Crippen molar-refractivity contribution in [1.82, 2.24) is 0 Å². The zero-order valence-electron chi connectivity index (χ0n) is 7.01. The van der Waals surface area contributed by atoms with Crippen LogP contribution in [0.25, 0.3) is 0 Å². The summed E-state index contributed by atoms with van der Waals surface area (Å²) in [7, 11) is 0. The van der Waals surface area contributed by atoms with E-state index in [4.69, 9.17) is 11.6 Å². The number of ketones is 1. The van der Waals surface area contributed by atoms with Gasteiger partial charge < -0.3 is 0 Å². The second kappa shape index (κ2) is 4.33. The molecule has 12 heavy (non-hydrogen) atoms. The number of allylic oxidation sites excluding steroid dienone is 2. The number of carbonyl (C=O) groups excluding carboxylic acids is 1. The van der Waals surface area contributed by atoms with Crippen LogP contribution in [0.15, 0.2) is 12.2 Å². The molecule has 0 fully saturated rings. The van der Waals surface area contributed by atoms with E-state index in [2.05, 4.69) is 11.8 Å². The van der Waals surface area contributed by atoms with E-state index in [0.29, 0.717) is 12.3 Å². The van der Waals surface area contributed by atoms with Gasteiger partial charge in [-0.2, -0.15) is 0 Å². The first-order valence-electron chi connectivity index (χ1n) is 3.99. The molecule has 0 saturated carbocycles. The Morgan fingerprint density at radius 3 is 3.17 bits per heavy atom. The van der Waals surface area contributed by atoms with Gasteiger partial charge in [0.1, 0.15) is 5.78 Å². The Balaban J connectivity index is 2.70. The van der Waals surface area contributed by atoms with Crippen LogP contribution in [0.2, 0.25) is 0 Å². The molecule has 0 aromatic carbocycles. The zero-order chi connectivity index (χ0) is 8.97. The van der Waals surface area contributed by atoms with Gasteiger partial charge in [-0.1, -0.05) is 30.9 Å². The Morgan fingerprint density at radius 1 is 1.75 bits per heavy atom. The summed E-state index contributed by atoms with van der Waals surface area (Å²) in [4.78, 5) is 11.2. The van der Waals surface area contributed by atoms with Crippen molar-refractivity contribution in [3.05, 3.63) is 12.2 Å². The molecule has 0 N–H and O–H groups in total. The SMILES string of the molecule is CC1C(=O)CC=CC1C#CCCl. The molecule has 2 heteroatoms. The van der Waals surface area contributed by atoms with Crippen molar-refractivity contribution in [2.45, 2.75) is 13.3 Å². The number of hydrogen-bond acceptors (Lipinski definition) is 1. The predicted octanol–water partition coefficient (Wildman–Crippen LogP) is 2.01. The van der Waals surface area contributed by atoms with E-state index in [1.807, 2.05) is 19.1 Å². The van der Waals surface area contributed by atoms with Crippen molar-refractivity contribution in [1.29, 1.82) is 0 Å². The quantitative estimate of drug-likeness (QED) is 0.318. The molecule has 2 atom stereocenters. The molecule has 64 valence electrons. The molecule has 0 spiro atoms. The smallest absolute Gasteiger partial charge is 0.140 e. The lowest BCUT2D eigenvalue weighted by Crippen LogP contribution is -2.21. The first kappa shape index (κ1) is 9.35. The molecule has 1 nitrogen and oxygen atoms in total. The van der Waals surface area contributed by atoms with E-state index in [-0.39, 0.29) is 17.6 Å². The van der Waals surface area contributed by atoms with Gasteiger partial charge in [0.05, 0.1) is 5.88 Å². The highest BCUT2D eigenvalue weighted by Gasteiger charge is 2.22. The topological polar surface area (TPSA) is 17.1 Å². The lowest BCUT2D eigenvalue weighted by Gasteiger charge is -2.17. The number of rotatable bonds is 0. The molecule has 2 unspecified atom stereocenters. The second-order valence-electron chi connectivity index (χ2n) is 2.87. The van der Waals surface area contributed by atoms with Crippen LogP contribution in [0.4, 0.5) is 0 Å². The summed E-state index contributed by atoms with van der Waals surface area (Å²) in [6.45, 7) is 1.92. The number of halogens is 1. The summed E-state index contributed by atoms with van der Waals surface area (Å²) in [5, 5.41) is 0. The lowest BCUT2D eigenvalue weighted by molar-refractivity contribution is -0.122. The van der Waals surface area contributed by atoms with Crippen LogP contribution in [-0.4, -0.2) is 11.7 Å². The molecular weight excluding hydrogens is 172 g/mol. The van der Waals surface area contributed by atoms with Gasteiger partial charge in [0.15, 0.2) is 0 Å². The first-order chi connectivity index (χ1) is 5.75. The highest BCUT2D eigenvalue weighted by atomic mass is 35.5. The van der Waals surface area contributed by atoms with Gasteiger partial charge in [-0.05, 0) is 0 Å². The largest absolute Gasteiger partial charge is 0.299 e. The van der Waals surface area contributed by atoms with Gasteiger partial charge in [0.2, 0.25) is 0 Å². The average Bonchev–Trinajstić information content (AvgIpc) is 2.08. The maximum absolute atomic E-state index is 11.2. The number of hydrogen-bond donors (Lipinski definition) is 0. The molecule has 1 aliphatic carbocycles. The van der Waals surface area contributed by atoms with Crippen LogP contribution < -0.4 is 0 Å². The molecule has 0 bridgehead atoms. The van der Waals surface area contributed by atoms with Crippen LogP contribution in [0.3, 0.4) is 0 Å². The van der Waals surface area contributed by atoms with Gasteiger partial charge >= 0.3 is 0 Å². The second-order valence-corrected chi connectivity index (χ2v) is 3.14. The third-order valence-corrected chi connectivity index (χ3v) is 2.18. The van der Waals surface area contributed by atoms with E-state index in [9.17, 15) is 4.79 Å². The van der Waals surface area contributed by atoms with Crippen LogP contribution in [0.5, 0.6) is 0 Å². The molecule has 0 aliphatic heterocycles. The fraction of sp³-hybridized carbons (Fsp3) is 0.500. The summed E-state index contributed by atoms with van der Waals surface area (Å²) >= 11 is 5.42. The fourth-order valence-electron chi connectivity index (χ4n) is 1.21. The maximum Gasteiger partial charge on any atom is 0.140 e. The molecule has 0 aromatic rings. The van der Waals surface area contributed by atoms with Crippen molar-refractivity contribution in [3.63, 3.8) is 0 Å². The molecule has 0 heterocycles. The summed E-state index contributed by atoms with van der Waals surface area (Å²) in [5.41, 5.74) is 0. The van der Waals surface area contributed by atoms with Gasteiger partial charge in [0, 0.05) is 18.3 Å². The molecule has 0 amide bonds. The van der Waals surface area contributed by atoms with Crippen LogP contribution >= 0.6 is 11.6 Å². The van der Waals surface area contributed by atoms with E-state index < -0.39 is 0 Å². The van der Waals surface area contributed by atoms with Gasteiger partial charge in [0.25, 0.3) is 0 Å². The van der Waals surface area contributed by atoms with E-state index in [0.717, 1.165) is 0 Å². The molecule has 0 aromatic heterocycles. The first-order valence-corrected chi connectivity index (χ1v) is 4.53. The maximum atomic E-state index is 11.2. The Bertz CT molecular complexity index is 257. The van der Waals surface area contributed by atoms with Crippen molar-refractivity contribution in [3.8, 4) is 11.8 Å². The standard InChI is InChI=1S/C10H11ClO/c1-8-9(5-3-7-11)4-2-6-10(8)12/h2,4,8-9H,6-7H2,1H3.